The number of rotatable bonds is 1. The molecule has 0 atom stereocenters. The van der Waals surface area contributed by atoms with Gasteiger partial charge in [-0.2, -0.15) is 5.10 Å². The number of aromatic nitrogens is 4. The van der Waals surface area contributed by atoms with Gasteiger partial charge >= 0.3 is 0 Å². The molecule has 0 aliphatic rings. The first-order valence-electron chi connectivity index (χ1n) is 4.79. The fourth-order valence-corrected chi connectivity index (χ4v) is 1.73. The van der Waals surface area contributed by atoms with E-state index in [0.29, 0.717) is 16.5 Å². The molecule has 17 heavy (non-hydrogen) atoms. The summed E-state index contributed by atoms with van der Waals surface area (Å²) in [5.74, 6) is 0.252. The minimum absolute atomic E-state index is 0.164. The number of hydrogen-bond donors (Lipinski definition) is 2. The largest absolute Gasteiger partial charge is 0.408 e. The van der Waals surface area contributed by atoms with E-state index in [0.717, 1.165) is 0 Å². The van der Waals surface area contributed by atoms with E-state index < -0.39 is 0 Å². The maximum atomic E-state index is 11.6. The molecule has 0 saturated heterocycles. The summed E-state index contributed by atoms with van der Waals surface area (Å²) >= 11 is 4.80. The molecule has 0 unspecified atom stereocenters. The first-order chi connectivity index (χ1) is 8.25. The van der Waals surface area contributed by atoms with E-state index in [2.05, 4.69) is 20.4 Å². The molecule has 3 aromatic rings. The summed E-state index contributed by atoms with van der Waals surface area (Å²) in [6.07, 6.45) is 0. The number of fused-ring (bicyclic) bond motifs is 1. The molecule has 0 fully saturated rings. The van der Waals surface area contributed by atoms with Gasteiger partial charge in [-0.15, -0.1) is 5.10 Å². The van der Waals surface area contributed by atoms with Crippen LogP contribution in [0.4, 0.5) is 0 Å². The lowest BCUT2D eigenvalue weighted by Crippen LogP contribution is -2.09. The highest BCUT2D eigenvalue weighted by Crippen LogP contribution is 2.21. The van der Waals surface area contributed by atoms with Crippen molar-refractivity contribution < 1.29 is 4.42 Å². The third kappa shape index (κ3) is 1.56. The molecular weight excluding hydrogens is 240 g/mol. The monoisotopic (exact) mass is 246 g/mol. The summed E-state index contributed by atoms with van der Waals surface area (Å²) in [6, 6.07) is 7.08. The average molecular weight is 246 g/mol. The van der Waals surface area contributed by atoms with Gasteiger partial charge < -0.3 is 4.42 Å². The zero-order valence-corrected chi connectivity index (χ0v) is 9.25. The predicted octanol–water partition coefficient (Wildman–Crippen LogP) is 1.64. The second kappa shape index (κ2) is 3.63. The second-order valence-corrected chi connectivity index (χ2v) is 3.74. The normalized spacial score (nSPS) is 10.8. The number of nitrogens with zero attached hydrogens (tertiary/aromatic N) is 2. The number of aromatic amines is 2. The molecule has 0 saturated carbocycles. The highest BCUT2D eigenvalue weighted by atomic mass is 32.1. The van der Waals surface area contributed by atoms with Crippen LogP contribution in [0.5, 0.6) is 0 Å². The van der Waals surface area contributed by atoms with E-state index in [-0.39, 0.29) is 16.3 Å². The molecule has 0 spiro atoms. The van der Waals surface area contributed by atoms with Crippen molar-refractivity contribution in [2.75, 3.05) is 0 Å². The van der Waals surface area contributed by atoms with Gasteiger partial charge in [0.25, 0.3) is 16.3 Å². The Morgan fingerprint density at radius 1 is 1.12 bits per heavy atom. The van der Waals surface area contributed by atoms with Gasteiger partial charge in [-0.3, -0.25) is 4.79 Å². The molecule has 0 amide bonds. The molecule has 2 heterocycles. The Labute approximate surface area is 99.3 Å². The molecule has 1 aromatic carbocycles. The summed E-state index contributed by atoms with van der Waals surface area (Å²) < 4.78 is 5.18. The van der Waals surface area contributed by atoms with Crippen LogP contribution in [-0.2, 0) is 0 Å². The molecule has 0 bridgehead atoms. The van der Waals surface area contributed by atoms with Gasteiger partial charge in [0.2, 0.25) is 0 Å². The summed E-state index contributed by atoms with van der Waals surface area (Å²) in [6.45, 7) is 0. The van der Waals surface area contributed by atoms with Crippen molar-refractivity contribution in [1.82, 2.24) is 20.4 Å². The Morgan fingerprint density at radius 2 is 1.88 bits per heavy atom. The Hall–Kier alpha value is -2.28. The molecule has 0 aliphatic heterocycles. The number of H-pyrrole nitrogens is 2. The smallest absolute Gasteiger partial charge is 0.284 e. The Bertz CT molecular complexity index is 801. The Kier molecular flexibility index (Phi) is 2.12. The van der Waals surface area contributed by atoms with Gasteiger partial charge in [0, 0.05) is 5.39 Å². The number of nitrogens with one attached hydrogen (secondary N) is 2. The highest BCUT2D eigenvalue weighted by Gasteiger charge is 2.12. The lowest BCUT2D eigenvalue weighted by molar-refractivity contribution is 0.549. The number of hydrogen-bond acceptors (Lipinski definition) is 5. The van der Waals surface area contributed by atoms with Crippen LogP contribution in [0.1, 0.15) is 0 Å². The molecule has 2 N–H and O–H groups in total. The van der Waals surface area contributed by atoms with Crippen LogP contribution < -0.4 is 5.56 Å². The van der Waals surface area contributed by atoms with Crippen LogP contribution in [0.25, 0.3) is 22.4 Å². The first-order valence-corrected chi connectivity index (χ1v) is 5.20. The molecule has 3 rings (SSSR count). The van der Waals surface area contributed by atoms with Crippen LogP contribution in [0.2, 0.25) is 0 Å². The fraction of sp³-hybridized carbons (Fsp3) is 0. The van der Waals surface area contributed by atoms with E-state index in [4.69, 9.17) is 16.6 Å². The van der Waals surface area contributed by atoms with Crippen LogP contribution in [0, 0.1) is 4.84 Å². The lowest BCUT2D eigenvalue weighted by Gasteiger charge is -1.99. The van der Waals surface area contributed by atoms with Crippen molar-refractivity contribution in [3.63, 3.8) is 0 Å². The van der Waals surface area contributed by atoms with Crippen molar-refractivity contribution in [2.24, 2.45) is 0 Å². The Morgan fingerprint density at radius 3 is 2.59 bits per heavy atom. The zero-order chi connectivity index (χ0) is 11.8. The first kappa shape index (κ1) is 9.91. The average Bonchev–Trinajstić information content (AvgIpc) is 2.77. The van der Waals surface area contributed by atoms with Gasteiger partial charge in [-0.25, -0.2) is 10.2 Å². The van der Waals surface area contributed by atoms with Crippen molar-refractivity contribution in [3.05, 3.63) is 39.5 Å². The van der Waals surface area contributed by atoms with Crippen molar-refractivity contribution >= 4 is 23.0 Å². The van der Waals surface area contributed by atoms with Crippen LogP contribution in [0.15, 0.2) is 33.5 Å². The summed E-state index contributed by atoms with van der Waals surface area (Å²) in [5.41, 5.74) is 0.200. The van der Waals surface area contributed by atoms with Gasteiger partial charge in [0.15, 0.2) is 5.69 Å². The lowest BCUT2D eigenvalue weighted by atomic mass is 10.1. The second-order valence-electron chi connectivity index (χ2n) is 3.37. The van der Waals surface area contributed by atoms with Crippen LogP contribution >= 0.6 is 12.2 Å². The summed E-state index contributed by atoms with van der Waals surface area (Å²) in [7, 11) is 0. The van der Waals surface area contributed by atoms with Crippen molar-refractivity contribution in [3.8, 4) is 11.6 Å². The fourth-order valence-electron chi connectivity index (χ4n) is 1.61. The molecule has 0 radical (unpaired) electrons. The third-order valence-corrected chi connectivity index (χ3v) is 2.51. The standard InChI is InChI=1S/C10H6N4O2S/c15-8-6-4-2-1-3-5(6)7(11-12-8)9-13-14-10(17)16-9/h1-4H,(H,12,15)(H,14,17). The third-order valence-electron chi connectivity index (χ3n) is 2.34. The minimum atomic E-state index is -0.251. The topological polar surface area (TPSA) is 87.6 Å². The van der Waals surface area contributed by atoms with E-state index in [1.54, 1.807) is 18.2 Å². The Balaban J connectivity index is 2.42. The molecule has 84 valence electrons. The quantitative estimate of drug-likeness (QED) is 0.637. The van der Waals surface area contributed by atoms with Gasteiger partial charge in [-0.05, 0) is 18.3 Å². The summed E-state index contributed by atoms with van der Waals surface area (Å²) in [5, 5.41) is 13.9. The zero-order valence-electron chi connectivity index (χ0n) is 8.43. The van der Waals surface area contributed by atoms with E-state index in [1.807, 2.05) is 6.07 Å². The molecular formula is C10H6N4O2S. The predicted molar refractivity (Wildman–Crippen MR) is 63.0 cm³/mol. The molecule has 2 aromatic heterocycles. The summed E-state index contributed by atoms with van der Waals surface area (Å²) in [4.78, 5) is 11.7. The number of benzene rings is 1. The van der Waals surface area contributed by atoms with Gasteiger partial charge in [-0.1, -0.05) is 18.2 Å². The van der Waals surface area contributed by atoms with E-state index in [9.17, 15) is 4.79 Å². The van der Waals surface area contributed by atoms with E-state index in [1.165, 1.54) is 0 Å². The van der Waals surface area contributed by atoms with E-state index >= 15 is 0 Å². The van der Waals surface area contributed by atoms with Crippen molar-refractivity contribution in [2.45, 2.75) is 0 Å². The molecule has 0 aliphatic carbocycles. The molecule has 7 heteroatoms. The maximum Gasteiger partial charge on any atom is 0.284 e. The van der Waals surface area contributed by atoms with Gasteiger partial charge in [0.05, 0.1) is 5.39 Å². The SMILES string of the molecule is O=c1[nH]nc(-c2n[nH]c(=S)o2)c2ccccc12. The van der Waals surface area contributed by atoms with Crippen LogP contribution in [0.3, 0.4) is 0 Å². The van der Waals surface area contributed by atoms with Crippen molar-refractivity contribution in [1.29, 1.82) is 0 Å². The van der Waals surface area contributed by atoms with Gasteiger partial charge in [0.1, 0.15) is 0 Å². The highest BCUT2D eigenvalue weighted by molar-refractivity contribution is 7.71. The maximum absolute atomic E-state index is 11.6. The minimum Gasteiger partial charge on any atom is -0.408 e. The van der Waals surface area contributed by atoms with Crippen LogP contribution in [-0.4, -0.2) is 20.4 Å². The molecule has 6 nitrogen and oxygen atoms in total.